The maximum Gasteiger partial charge on any atom is 0.341 e. The summed E-state index contributed by atoms with van der Waals surface area (Å²) in [4.78, 5) is 17.2. The second kappa shape index (κ2) is 11.5. The van der Waals surface area contributed by atoms with Crippen molar-refractivity contribution in [3.8, 4) is 39.1 Å². The van der Waals surface area contributed by atoms with Crippen molar-refractivity contribution in [2.24, 2.45) is 0 Å². The Kier molecular flexibility index (Phi) is 8.71. The normalized spacial score (nSPS) is 11.2. The summed E-state index contributed by atoms with van der Waals surface area (Å²) in [6.45, 7) is 4.78. The van der Waals surface area contributed by atoms with Crippen LogP contribution in [-0.4, -0.2) is 53.1 Å². The van der Waals surface area contributed by atoms with Gasteiger partial charge in [-0.1, -0.05) is 0 Å². The zero-order valence-corrected chi connectivity index (χ0v) is 21.8. The Hall–Kier alpha value is -3.15. The van der Waals surface area contributed by atoms with Crippen LogP contribution in [0.4, 0.5) is 0 Å². The molecule has 0 aliphatic heterocycles. The average molecular weight is 521 g/mol. The molecule has 3 aromatic rings. The predicted molar refractivity (Wildman–Crippen MR) is 135 cm³/mol. The zero-order valence-electron chi connectivity index (χ0n) is 20.2. The number of carbonyl (C=O) groups is 1. The van der Waals surface area contributed by atoms with Gasteiger partial charge >= 0.3 is 5.97 Å². The van der Waals surface area contributed by atoms with Crippen molar-refractivity contribution in [2.75, 3.05) is 33.7 Å². The maximum atomic E-state index is 12.5. The van der Waals surface area contributed by atoms with Gasteiger partial charge in [-0.15, -0.1) is 11.3 Å². The second-order valence-electron chi connectivity index (χ2n) is 7.37. The highest BCUT2D eigenvalue weighted by molar-refractivity contribution is 7.88. The first-order chi connectivity index (χ1) is 16.7. The van der Waals surface area contributed by atoms with E-state index >= 15 is 0 Å². The number of methoxy groups -OCH3 is 2. The lowest BCUT2D eigenvalue weighted by atomic mass is 10.0. The Balaban J connectivity index is 2.05. The third-order valence-corrected chi connectivity index (χ3v) is 6.45. The van der Waals surface area contributed by atoms with E-state index in [9.17, 15) is 13.2 Å². The van der Waals surface area contributed by atoms with Gasteiger partial charge in [0.05, 0.1) is 39.4 Å². The first kappa shape index (κ1) is 26.5. The molecule has 9 nitrogen and oxygen atoms in total. The molecular formula is C24H28N2O7S2. The van der Waals surface area contributed by atoms with Crippen LogP contribution in [0.25, 0.3) is 21.8 Å². The van der Waals surface area contributed by atoms with Crippen molar-refractivity contribution in [3.05, 3.63) is 46.8 Å². The second-order valence-corrected chi connectivity index (χ2v) is 10.1. The SMILES string of the molecule is CCOc1ccc(-c2nc(-c3cc(CNS(C)(=O)=O)c(OC)c(C(=O)OC)c3)cs2)cc1OCC. The minimum Gasteiger partial charge on any atom is -0.496 e. The van der Waals surface area contributed by atoms with Crippen LogP contribution < -0.4 is 18.9 Å². The molecule has 0 radical (unpaired) electrons. The Morgan fingerprint density at radius 2 is 1.74 bits per heavy atom. The largest absolute Gasteiger partial charge is 0.496 e. The van der Waals surface area contributed by atoms with Crippen LogP contribution in [0.2, 0.25) is 0 Å². The third kappa shape index (κ3) is 6.50. The lowest BCUT2D eigenvalue weighted by Gasteiger charge is -2.14. The van der Waals surface area contributed by atoms with Gasteiger partial charge in [-0.25, -0.2) is 22.9 Å². The molecule has 0 atom stereocenters. The molecule has 2 aromatic carbocycles. The molecule has 0 saturated carbocycles. The van der Waals surface area contributed by atoms with Crippen molar-refractivity contribution in [1.29, 1.82) is 0 Å². The molecule has 0 aliphatic rings. The van der Waals surface area contributed by atoms with Crippen LogP contribution in [0, 0.1) is 0 Å². The number of aromatic nitrogens is 1. The fourth-order valence-corrected chi connectivity index (χ4v) is 4.65. The van der Waals surface area contributed by atoms with Gasteiger partial charge in [0, 0.05) is 28.6 Å². The molecule has 0 bridgehead atoms. The maximum absolute atomic E-state index is 12.5. The van der Waals surface area contributed by atoms with Crippen LogP contribution >= 0.6 is 11.3 Å². The number of thiazole rings is 1. The molecule has 0 aliphatic carbocycles. The van der Waals surface area contributed by atoms with E-state index in [1.807, 2.05) is 37.4 Å². The fourth-order valence-electron chi connectivity index (χ4n) is 3.40. The molecule has 11 heteroatoms. The molecule has 1 N–H and O–H groups in total. The number of nitrogens with zero attached hydrogens (tertiary/aromatic N) is 1. The Morgan fingerprint density at radius 1 is 1.03 bits per heavy atom. The summed E-state index contributed by atoms with van der Waals surface area (Å²) in [6.07, 6.45) is 1.06. The molecule has 0 unspecified atom stereocenters. The Labute approximate surface area is 209 Å². The lowest BCUT2D eigenvalue weighted by molar-refractivity contribution is 0.0597. The van der Waals surface area contributed by atoms with Gasteiger partial charge in [-0.3, -0.25) is 0 Å². The van der Waals surface area contributed by atoms with Gasteiger partial charge in [0.25, 0.3) is 0 Å². The highest BCUT2D eigenvalue weighted by Gasteiger charge is 2.21. The van der Waals surface area contributed by atoms with Crippen LogP contribution in [-0.2, 0) is 21.3 Å². The minimum absolute atomic E-state index is 0.0621. The highest BCUT2D eigenvalue weighted by atomic mass is 32.2. The van der Waals surface area contributed by atoms with E-state index in [0.29, 0.717) is 41.5 Å². The number of ether oxygens (including phenoxy) is 4. The van der Waals surface area contributed by atoms with E-state index in [2.05, 4.69) is 4.72 Å². The molecule has 0 saturated heterocycles. The van der Waals surface area contributed by atoms with Gasteiger partial charge in [0.1, 0.15) is 16.3 Å². The summed E-state index contributed by atoms with van der Waals surface area (Å²) in [5.41, 5.74) is 2.74. The number of benzene rings is 2. The summed E-state index contributed by atoms with van der Waals surface area (Å²) in [6, 6.07) is 9.00. The van der Waals surface area contributed by atoms with Crippen molar-refractivity contribution in [2.45, 2.75) is 20.4 Å². The first-order valence-electron chi connectivity index (χ1n) is 10.8. The Bertz CT molecular complexity index is 1300. The van der Waals surface area contributed by atoms with Gasteiger partial charge in [-0.05, 0) is 44.2 Å². The third-order valence-electron chi connectivity index (χ3n) is 4.89. The molecule has 3 rings (SSSR count). The summed E-state index contributed by atoms with van der Waals surface area (Å²) in [7, 11) is -0.789. The highest BCUT2D eigenvalue weighted by Crippen LogP contribution is 2.37. The van der Waals surface area contributed by atoms with Gasteiger partial charge in [-0.2, -0.15) is 0 Å². The topological polar surface area (TPSA) is 113 Å². The van der Waals surface area contributed by atoms with E-state index in [1.54, 1.807) is 12.1 Å². The zero-order chi connectivity index (χ0) is 25.6. The van der Waals surface area contributed by atoms with Crippen LogP contribution in [0.5, 0.6) is 17.2 Å². The molecule has 188 valence electrons. The number of carbonyl (C=O) groups excluding carboxylic acids is 1. The average Bonchev–Trinajstić information content (AvgIpc) is 3.33. The number of hydrogen-bond donors (Lipinski definition) is 1. The summed E-state index contributed by atoms with van der Waals surface area (Å²) in [5.74, 6) is 0.929. The predicted octanol–water partition coefficient (Wildman–Crippen LogP) is 4.12. The van der Waals surface area contributed by atoms with Gasteiger partial charge in [0.15, 0.2) is 11.5 Å². The van der Waals surface area contributed by atoms with Crippen molar-refractivity contribution in [3.63, 3.8) is 0 Å². The van der Waals surface area contributed by atoms with Crippen molar-refractivity contribution >= 4 is 27.3 Å². The van der Waals surface area contributed by atoms with E-state index in [1.165, 1.54) is 25.6 Å². The van der Waals surface area contributed by atoms with Gasteiger partial charge < -0.3 is 18.9 Å². The molecule has 1 heterocycles. The fraction of sp³-hybridized carbons (Fsp3) is 0.333. The van der Waals surface area contributed by atoms with Crippen LogP contribution in [0.1, 0.15) is 29.8 Å². The number of hydrogen-bond acceptors (Lipinski definition) is 9. The molecular weight excluding hydrogens is 492 g/mol. The van der Waals surface area contributed by atoms with E-state index < -0.39 is 16.0 Å². The minimum atomic E-state index is -3.47. The molecule has 0 fully saturated rings. The standard InChI is InChI=1S/C24H28N2O7S2/c1-6-32-20-9-8-15(12-21(20)33-7-2)23-26-19(14-34-23)16-10-17(13-25-35(5,28)29)22(30-3)18(11-16)24(27)31-4/h8-12,14,25H,6-7,13H2,1-5H3. The summed E-state index contributed by atoms with van der Waals surface area (Å²) < 4.78 is 47.4. The molecule has 1 aromatic heterocycles. The molecule has 35 heavy (non-hydrogen) atoms. The number of sulfonamides is 1. The van der Waals surface area contributed by atoms with Crippen molar-refractivity contribution in [1.82, 2.24) is 9.71 Å². The lowest BCUT2D eigenvalue weighted by Crippen LogP contribution is -2.22. The number of rotatable bonds is 11. The molecule has 0 amide bonds. The van der Waals surface area contributed by atoms with Crippen LogP contribution in [0.15, 0.2) is 35.7 Å². The van der Waals surface area contributed by atoms with Crippen molar-refractivity contribution < 1.29 is 32.2 Å². The number of nitrogens with one attached hydrogen (secondary N) is 1. The van der Waals surface area contributed by atoms with E-state index in [4.69, 9.17) is 23.9 Å². The smallest absolute Gasteiger partial charge is 0.341 e. The summed E-state index contributed by atoms with van der Waals surface area (Å²) >= 11 is 1.43. The quantitative estimate of drug-likeness (QED) is 0.376. The van der Waals surface area contributed by atoms with E-state index in [-0.39, 0.29) is 17.9 Å². The number of esters is 1. The monoisotopic (exact) mass is 520 g/mol. The summed E-state index contributed by atoms with van der Waals surface area (Å²) in [5, 5.41) is 2.61. The first-order valence-corrected chi connectivity index (χ1v) is 13.6. The van der Waals surface area contributed by atoms with Gasteiger partial charge in [0.2, 0.25) is 10.0 Å². The Morgan fingerprint density at radius 3 is 2.37 bits per heavy atom. The molecule has 0 spiro atoms. The van der Waals surface area contributed by atoms with E-state index in [0.717, 1.165) is 16.8 Å². The van der Waals surface area contributed by atoms with Crippen LogP contribution in [0.3, 0.4) is 0 Å².